The Morgan fingerprint density at radius 3 is 2.48 bits per heavy atom. The van der Waals surface area contributed by atoms with Crippen LogP contribution in [0.2, 0.25) is 5.02 Å². The van der Waals surface area contributed by atoms with Gasteiger partial charge in [-0.15, -0.1) is 0 Å². The fourth-order valence-electron chi connectivity index (χ4n) is 6.49. The van der Waals surface area contributed by atoms with Crippen LogP contribution in [0.15, 0.2) is 127 Å². The molecular weight excluding hydrogens is 744 g/mol. The zero-order chi connectivity index (χ0) is 31.4. The van der Waals surface area contributed by atoms with E-state index in [0.717, 1.165) is 55.3 Å². The van der Waals surface area contributed by atoms with Crippen molar-refractivity contribution >= 4 is 77.3 Å². The molecule has 226 valence electrons. The molecule has 0 fully saturated rings. The van der Waals surface area contributed by atoms with E-state index in [2.05, 4.69) is 86.5 Å². The largest absolute Gasteiger partial charge is 0.487 e. The maximum Gasteiger partial charge on any atom is 0.271 e. The summed E-state index contributed by atoms with van der Waals surface area (Å²) in [4.78, 5) is 20.0. The van der Waals surface area contributed by atoms with Crippen molar-refractivity contribution in [1.29, 1.82) is 0 Å². The summed E-state index contributed by atoms with van der Waals surface area (Å²) in [6.45, 7) is 0.426. The van der Waals surface area contributed by atoms with Crippen LogP contribution in [0.3, 0.4) is 0 Å². The van der Waals surface area contributed by atoms with Crippen LogP contribution in [0.5, 0.6) is 5.75 Å². The number of ether oxygens (including phenoxy) is 1. The average Bonchev–Trinajstić information content (AvgIpc) is 3.37. The summed E-state index contributed by atoms with van der Waals surface area (Å²) in [5.41, 5.74) is 7.53. The number of rotatable bonds is 5. The van der Waals surface area contributed by atoms with Gasteiger partial charge in [-0.1, -0.05) is 102 Å². The molecule has 0 saturated carbocycles. The molecule has 2 heterocycles. The molecule has 0 N–H and O–H groups in total. The minimum absolute atomic E-state index is 0.0577. The molecule has 1 aliphatic heterocycles. The predicted octanol–water partition coefficient (Wildman–Crippen LogP) is 9.23. The molecule has 1 aromatic heterocycles. The van der Waals surface area contributed by atoms with Crippen LogP contribution in [0.25, 0.3) is 22.5 Å². The number of hydrogen-bond acceptors (Lipinski definition) is 4. The molecule has 1 atom stereocenters. The Balaban J connectivity index is 1.19. The van der Waals surface area contributed by atoms with Gasteiger partial charge in [-0.2, -0.15) is 0 Å². The molecule has 46 heavy (non-hydrogen) atoms. The van der Waals surface area contributed by atoms with Gasteiger partial charge in [0.05, 0.1) is 25.2 Å². The van der Waals surface area contributed by atoms with Gasteiger partial charge in [-0.3, -0.25) is 9.36 Å². The first-order valence-corrected chi connectivity index (χ1v) is 17.7. The third-order valence-electron chi connectivity index (χ3n) is 8.63. The zero-order valence-electron chi connectivity index (χ0n) is 24.3. The Kier molecular flexibility index (Phi) is 7.81. The van der Waals surface area contributed by atoms with Crippen molar-refractivity contribution in [3.63, 3.8) is 0 Å². The molecule has 0 unspecified atom stereocenters. The Labute approximate surface area is 291 Å². The van der Waals surface area contributed by atoms with Crippen molar-refractivity contribution in [1.82, 2.24) is 4.57 Å². The van der Waals surface area contributed by atoms with Crippen LogP contribution in [0.1, 0.15) is 40.3 Å². The second-order valence-electron chi connectivity index (χ2n) is 11.4. The highest BCUT2D eigenvalue weighted by Gasteiger charge is 2.32. The fourth-order valence-corrected chi connectivity index (χ4v) is 9.07. The van der Waals surface area contributed by atoms with Gasteiger partial charge >= 0.3 is 0 Å². The van der Waals surface area contributed by atoms with Crippen molar-refractivity contribution in [2.45, 2.75) is 25.5 Å². The lowest BCUT2D eigenvalue weighted by atomic mass is 9.83. The van der Waals surface area contributed by atoms with E-state index in [1.54, 1.807) is 0 Å². The highest BCUT2D eigenvalue weighted by molar-refractivity contribution is 9.11. The second-order valence-corrected chi connectivity index (χ2v) is 14.6. The summed E-state index contributed by atoms with van der Waals surface area (Å²) in [7, 11) is 0. The first-order chi connectivity index (χ1) is 22.4. The topological polar surface area (TPSA) is 43.6 Å². The van der Waals surface area contributed by atoms with Crippen LogP contribution >= 0.6 is 54.8 Å². The number of aryl methyl sites for hydroxylation is 1. The number of allylic oxidation sites excluding steroid dienone is 1. The molecular formula is C38H25Br2ClN2O2S. The van der Waals surface area contributed by atoms with E-state index in [0.29, 0.717) is 26.7 Å². The van der Waals surface area contributed by atoms with Crippen molar-refractivity contribution in [2.75, 3.05) is 0 Å². The van der Waals surface area contributed by atoms with E-state index in [-0.39, 0.29) is 11.6 Å². The molecule has 6 aromatic rings. The Hall–Kier alpha value is -3.75. The summed E-state index contributed by atoms with van der Waals surface area (Å²) in [5, 5.41) is 3.02. The molecule has 0 amide bonds. The first-order valence-electron chi connectivity index (χ1n) is 14.9. The number of thiazole rings is 1. The summed E-state index contributed by atoms with van der Waals surface area (Å²) in [6, 6.07) is 34.5. The van der Waals surface area contributed by atoms with Crippen LogP contribution in [-0.2, 0) is 13.0 Å². The zero-order valence-corrected chi connectivity index (χ0v) is 29.1. The lowest BCUT2D eigenvalue weighted by molar-refractivity contribution is 0.303. The summed E-state index contributed by atoms with van der Waals surface area (Å²) < 4.78 is 10.4. The van der Waals surface area contributed by atoms with E-state index >= 15 is 0 Å². The van der Waals surface area contributed by atoms with E-state index in [9.17, 15) is 4.79 Å². The van der Waals surface area contributed by atoms with Gasteiger partial charge in [0.25, 0.3) is 5.56 Å². The van der Waals surface area contributed by atoms with Gasteiger partial charge in [0.2, 0.25) is 0 Å². The van der Waals surface area contributed by atoms with Crippen LogP contribution in [-0.4, -0.2) is 4.57 Å². The number of benzene rings is 5. The van der Waals surface area contributed by atoms with Gasteiger partial charge in [-0.05, 0) is 114 Å². The summed E-state index contributed by atoms with van der Waals surface area (Å²) in [5.74, 6) is 0.709. The molecule has 0 radical (unpaired) electrons. The van der Waals surface area contributed by atoms with Gasteiger partial charge in [-0.25, -0.2) is 4.99 Å². The third-order valence-corrected chi connectivity index (χ3v) is 11.0. The van der Waals surface area contributed by atoms with Crippen molar-refractivity contribution in [3.8, 4) is 5.75 Å². The first kappa shape index (κ1) is 29.6. The van der Waals surface area contributed by atoms with Crippen molar-refractivity contribution < 1.29 is 4.74 Å². The smallest absolute Gasteiger partial charge is 0.271 e. The normalized spacial score (nSPS) is 15.7. The maximum atomic E-state index is 14.2. The predicted molar refractivity (Wildman–Crippen MR) is 194 cm³/mol. The van der Waals surface area contributed by atoms with E-state index in [1.165, 1.54) is 27.7 Å². The van der Waals surface area contributed by atoms with Crippen LogP contribution in [0.4, 0.5) is 0 Å². The maximum absolute atomic E-state index is 14.2. The third kappa shape index (κ3) is 5.29. The van der Waals surface area contributed by atoms with Gasteiger partial charge in [0.15, 0.2) is 4.80 Å². The van der Waals surface area contributed by atoms with E-state index in [4.69, 9.17) is 21.3 Å². The molecule has 0 saturated heterocycles. The van der Waals surface area contributed by atoms with E-state index < -0.39 is 0 Å². The molecule has 5 aromatic carbocycles. The molecule has 2 aliphatic rings. The summed E-state index contributed by atoms with van der Waals surface area (Å²) in [6.07, 6.45) is 3.69. The summed E-state index contributed by atoms with van der Waals surface area (Å²) >= 11 is 15.1. The fraction of sp³-hybridized carbons (Fsp3) is 0.105. The monoisotopic (exact) mass is 766 g/mol. The average molecular weight is 769 g/mol. The molecule has 8 rings (SSSR count). The Bertz CT molecular complexity index is 2370. The Morgan fingerprint density at radius 2 is 1.65 bits per heavy atom. The van der Waals surface area contributed by atoms with E-state index in [1.807, 2.05) is 59.2 Å². The molecule has 4 nitrogen and oxygen atoms in total. The molecule has 0 spiro atoms. The minimum atomic E-state index is -0.248. The minimum Gasteiger partial charge on any atom is -0.487 e. The van der Waals surface area contributed by atoms with Crippen molar-refractivity contribution in [2.24, 2.45) is 4.99 Å². The quantitative estimate of drug-likeness (QED) is 0.176. The SMILES string of the molecule is O=c1/c(=C/c2cc(Br)c(OCc3cccc4ccccc34)c(Br)c2)sc2n1[C@H](c1ccc(Cl)cc1)C1=C(N=2)c2ccccc2CC1. The lowest BCUT2D eigenvalue weighted by Crippen LogP contribution is -2.38. The lowest BCUT2D eigenvalue weighted by Gasteiger charge is -2.30. The molecule has 0 bridgehead atoms. The molecule has 8 heteroatoms. The molecule has 1 aliphatic carbocycles. The second kappa shape index (κ2) is 12.1. The number of nitrogens with zero attached hydrogens (tertiary/aromatic N) is 2. The van der Waals surface area contributed by atoms with Gasteiger partial charge < -0.3 is 4.74 Å². The van der Waals surface area contributed by atoms with Gasteiger partial charge in [0, 0.05) is 10.6 Å². The highest BCUT2D eigenvalue weighted by Crippen LogP contribution is 2.41. The highest BCUT2D eigenvalue weighted by atomic mass is 79.9. The Morgan fingerprint density at radius 1 is 0.913 bits per heavy atom. The number of halogens is 3. The standard InChI is InChI=1S/C38H25Br2ClN2O2S/c39-31-18-22(19-32(40)36(31)45-21-26-9-5-8-23-6-1-3-10-28(23)26)20-33-37(44)43-35(25-12-15-27(41)16-13-25)30-17-14-24-7-2-4-11-29(24)34(30)42-38(43)46-33/h1-13,15-16,18-20,35H,14,17,21H2/b33-20-/t35-/m1/s1. The number of hydrogen-bond donors (Lipinski definition) is 0. The van der Waals surface area contributed by atoms with Gasteiger partial charge in [0.1, 0.15) is 12.4 Å². The number of fused-ring (bicyclic) bond motifs is 4. The van der Waals surface area contributed by atoms with Crippen molar-refractivity contribution in [3.05, 3.63) is 170 Å². The number of aromatic nitrogens is 1. The van der Waals surface area contributed by atoms with Crippen LogP contribution < -0.4 is 19.6 Å². The van der Waals surface area contributed by atoms with Crippen LogP contribution in [0, 0.1) is 0 Å².